The van der Waals surface area contributed by atoms with Crippen molar-refractivity contribution in [3.05, 3.63) is 57.9 Å². The first-order valence-corrected chi connectivity index (χ1v) is 7.84. The van der Waals surface area contributed by atoms with Gasteiger partial charge in [0.1, 0.15) is 24.1 Å². The van der Waals surface area contributed by atoms with E-state index in [0.29, 0.717) is 0 Å². The molecule has 0 aliphatic heterocycles. The molecule has 0 aromatic heterocycles. The molecule has 0 heterocycles. The summed E-state index contributed by atoms with van der Waals surface area (Å²) in [5.41, 5.74) is -0.0220. The van der Waals surface area contributed by atoms with Gasteiger partial charge in [-0.15, -0.1) is 0 Å². The average molecular weight is 360 g/mol. The molecule has 0 radical (unpaired) electrons. The van der Waals surface area contributed by atoms with Gasteiger partial charge in [-0.1, -0.05) is 0 Å². The van der Waals surface area contributed by atoms with E-state index in [4.69, 9.17) is 14.2 Å². The topological polar surface area (TPSA) is 82.1 Å². The average Bonchev–Trinajstić information content (AvgIpc) is 2.63. The van der Waals surface area contributed by atoms with Crippen LogP contribution in [0.4, 0.5) is 4.39 Å². The van der Waals surface area contributed by atoms with Gasteiger partial charge in [-0.2, -0.15) is 0 Å². The standard InChI is InChI=1S/C19H17FO6/c1-9(26-8-24-2)12-7-14(25-3)15-16(18(12)22)19(23)13-6-10(20)4-5-11(13)17(15)21/h4-7,9,22H,8H2,1-3H3. The van der Waals surface area contributed by atoms with Crippen molar-refractivity contribution in [3.8, 4) is 11.5 Å². The van der Waals surface area contributed by atoms with Crippen LogP contribution in [0.5, 0.6) is 11.5 Å². The predicted octanol–water partition coefficient (Wildman–Crippen LogP) is 3.00. The number of fused-ring (bicyclic) bond motifs is 2. The lowest BCUT2D eigenvalue weighted by Gasteiger charge is -2.24. The first-order chi connectivity index (χ1) is 12.4. The molecule has 0 amide bonds. The maximum atomic E-state index is 13.6. The number of phenols is 1. The molecule has 1 aliphatic rings. The molecule has 1 N–H and O–H groups in total. The minimum atomic E-state index is -0.648. The van der Waals surface area contributed by atoms with Crippen LogP contribution in [0.15, 0.2) is 24.3 Å². The Morgan fingerprint density at radius 3 is 2.42 bits per heavy atom. The lowest BCUT2D eigenvalue weighted by atomic mass is 9.81. The highest BCUT2D eigenvalue weighted by Gasteiger charge is 2.37. The van der Waals surface area contributed by atoms with E-state index in [1.54, 1.807) is 6.92 Å². The summed E-state index contributed by atoms with van der Waals surface area (Å²) in [5, 5.41) is 10.7. The molecule has 0 fully saturated rings. The quantitative estimate of drug-likeness (QED) is 0.705. The fraction of sp³-hybridized carbons (Fsp3) is 0.263. The molecule has 1 atom stereocenters. The second kappa shape index (κ2) is 6.86. The third-order valence-electron chi connectivity index (χ3n) is 4.31. The zero-order valence-corrected chi connectivity index (χ0v) is 14.5. The van der Waals surface area contributed by atoms with Gasteiger partial charge in [-0.3, -0.25) is 9.59 Å². The van der Waals surface area contributed by atoms with Crippen LogP contribution in [0.1, 0.15) is 50.4 Å². The van der Waals surface area contributed by atoms with Crippen LogP contribution in [0.2, 0.25) is 0 Å². The molecule has 0 saturated carbocycles. The maximum absolute atomic E-state index is 13.6. The minimum absolute atomic E-state index is 0.0269. The Bertz CT molecular complexity index is 905. The molecule has 6 nitrogen and oxygen atoms in total. The number of benzene rings is 2. The number of phenolic OH excluding ortho intramolecular Hbond substituents is 1. The largest absolute Gasteiger partial charge is 0.507 e. The highest BCUT2D eigenvalue weighted by Crippen LogP contribution is 2.42. The molecule has 2 aromatic rings. The molecule has 0 saturated heterocycles. The first-order valence-electron chi connectivity index (χ1n) is 7.84. The second-order valence-corrected chi connectivity index (χ2v) is 5.83. The molecule has 136 valence electrons. The van der Waals surface area contributed by atoms with Crippen molar-refractivity contribution >= 4 is 11.6 Å². The first kappa shape index (κ1) is 18.0. The van der Waals surface area contributed by atoms with E-state index in [9.17, 15) is 19.1 Å². The Hall–Kier alpha value is -2.77. The molecule has 3 rings (SSSR count). The summed E-state index contributed by atoms with van der Waals surface area (Å²) in [6.45, 7) is 1.63. The summed E-state index contributed by atoms with van der Waals surface area (Å²) >= 11 is 0. The number of hydrogen-bond acceptors (Lipinski definition) is 6. The van der Waals surface area contributed by atoms with Gasteiger partial charge in [-0.05, 0) is 31.2 Å². The van der Waals surface area contributed by atoms with E-state index in [1.807, 2.05) is 0 Å². The zero-order valence-electron chi connectivity index (χ0n) is 14.5. The number of carbonyl (C=O) groups is 2. The highest BCUT2D eigenvalue weighted by molar-refractivity contribution is 6.30. The Labute approximate surface area is 149 Å². The van der Waals surface area contributed by atoms with Crippen molar-refractivity contribution in [2.24, 2.45) is 0 Å². The van der Waals surface area contributed by atoms with Gasteiger partial charge in [0, 0.05) is 23.8 Å². The van der Waals surface area contributed by atoms with Gasteiger partial charge in [0.15, 0.2) is 11.6 Å². The van der Waals surface area contributed by atoms with Gasteiger partial charge in [0.05, 0.1) is 24.3 Å². The molecule has 1 unspecified atom stereocenters. The van der Waals surface area contributed by atoms with E-state index in [2.05, 4.69) is 0 Å². The summed E-state index contributed by atoms with van der Waals surface area (Å²) in [5.74, 6) is -2.07. The minimum Gasteiger partial charge on any atom is -0.507 e. The number of carbonyl (C=O) groups excluding carboxylic acids is 2. The molecule has 2 aromatic carbocycles. The monoisotopic (exact) mass is 360 g/mol. The summed E-state index contributed by atoms with van der Waals surface area (Å²) in [4.78, 5) is 25.7. The Morgan fingerprint density at radius 1 is 1.08 bits per heavy atom. The van der Waals surface area contributed by atoms with Crippen molar-refractivity contribution in [3.63, 3.8) is 0 Å². The zero-order chi connectivity index (χ0) is 19.0. The van der Waals surface area contributed by atoms with Crippen LogP contribution in [-0.2, 0) is 9.47 Å². The number of aromatic hydroxyl groups is 1. The van der Waals surface area contributed by atoms with Crippen molar-refractivity contribution in [2.75, 3.05) is 21.0 Å². The van der Waals surface area contributed by atoms with Crippen LogP contribution in [0, 0.1) is 5.82 Å². The van der Waals surface area contributed by atoms with Gasteiger partial charge in [0.2, 0.25) is 0 Å². The Kier molecular flexibility index (Phi) is 4.76. The molecule has 0 bridgehead atoms. The summed E-state index contributed by atoms with van der Waals surface area (Å²) in [6.07, 6.45) is -0.633. The van der Waals surface area contributed by atoms with Crippen molar-refractivity contribution < 1.29 is 33.3 Å². The van der Waals surface area contributed by atoms with Crippen LogP contribution in [0.25, 0.3) is 0 Å². The van der Waals surface area contributed by atoms with Gasteiger partial charge < -0.3 is 19.3 Å². The molecule has 0 spiro atoms. The normalized spacial score (nSPS) is 14.0. The number of ether oxygens (including phenoxy) is 3. The van der Waals surface area contributed by atoms with E-state index >= 15 is 0 Å². The molecule has 7 heteroatoms. The fourth-order valence-corrected chi connectivity index (χ4v) is 3.02. The lowest BCUT2D eigenvalue weighted by molar-refractivity contribution is -0.0672. The van der Waals surface area contributed by atoms with E-state index in [1.165, 1.54) is 26.4 Å². The molecular formula is C19H17FO6. The smallest absolute Gasteiger partial charge is 0.198 e. The van der Waals surface area contributed by atoms with Crippen LogP contribution < -0.4 is 4.74 Å². The number of halogens is 1. The summed E-state index contributed by atoms with van der Waals surface area (Å²) in [7, 11) is 2.81. The van der Waals surface area contributed by atoms with Gasteiger partial charge in [0.25, 0.3) is 0 Å². The van der Waals surface area contributed by atoms with Crippen LogP contribution in [0.3, 0.4) is 0 Å². The van der Waals surface area contributed by atoms with Crippen molar-refractivity contribution in [1.82, 2.24) is 0 Å². The van der Waals surface area contributed by atoms with Crippen molar-refractivity contribution in [2.45, 2.75) is 13.0 Å². The number of rotatable bonds is 5. The maximum Gasteiger partial charge on any atom is 0.198 e. The summed E-state index contributed by atoms with van der Waals surface area (Å²) < 4.78 is 29.1. The van der Waals surface area contributed by atoms with Crippen molar-refractivity contribution in [1.29, 1.82) is 0 Å². The predicted molar refractivity (Wildman–Crippen MR) is 89.3 cm³/mol. The number of ketones is 2. The van der Waals surface area contributed by atoms with Gasteiger partial charge >= 0.3 is 0 Å². The Morgan fingerprint density at radius 2 is 1.77 bits per heavy atom. The third kappa shape index (κ3) is 2.75. The highest BCUT2D eigenvalue weighted by atomic mass is 19.1. The summed E-state index contributed by atoms with van der Waals surface area (Å²) in [6, 6.07) is 4.80. The van der Waals surface area contributed by atoms with E-state index < -0.39 is 29.2 Å². The number of methoxy groups -OCH3 is 2. The Balaban J connectivity index is 2.23. The second-order valence-electron chi connectivity index (χ2n) is 5.83. The lowest BCUT2D eigenvalue weighted by Crippen LogP contribution is -2.23. The molecule has 1 aliphatic carbocycles. The third-order valence-corrected chi connectivity index (χ3v) is 4.31. The molecule has 26 heavy (non-hydrogen) atoms. The van der Waals surface area contributed by atoms with Crippen LogP contribution >= 0.6 is 0 Å². The van der Waals surface area contributed by atoms with Gasteiger partial charge in [-0.25, -0.2) is 4.39 Å². The molecular weight excluding hydrogens is 343 g/mol. The SMILES string of the molecule is COCOC(C)c1cc(OC)c2c(c1O)C(=O)c1cc(F)ccc1C2=O. The van der Waals surface area contributed by atoms with E-state index in [-0.39, 0.29) is 40.4 Å². The fourth-order valence-electron chi connectivity index (χ4n) is 3.02. The van der Waals surface area contributed by atoms with E-state index in [0.717, 1.165) is 12.1 Å². The number of hydrogen-bond donors (Lipinski definition) is 1. The van der Waals surface area contributed by atoms with Crippen LogP contribution in [-0.4, -0.2) is 37.7 Å².